The molecule has 1 N–H and O–H groups in total. The standard InChI is InChI=1S/C21H21N5O3/c1-14-6-5-9-19-23-17(12-26(14)19)21(28)25(10-11-29-2)13-18-22-16-8-4-3-7-15(16)20(27)24-18/h3-9,12H,10-11,13H2,1-2H3,(H,22,24,27). The number of benzene rings is 1. The minimum atomic E-state index is -0.249. The zero-order chi connectivity index (χ0) is 20.4. The Bertz CT molecular complexity index is 1240. The molecule has 1 amide bonds. The zero-order valence-electron chi connectivity index (χ0n) is 16.3. The number of ether oxygens (including phenoxy) is 1. The topological polar surface area (TPSA) is 92.6 Å². The first-order valence-corrected chi connectivity index (χ1v) is 9.27. The fraction of sp³-hybridized carbons (Fsp3) is 0.238. The molecule has 29 heavy (non-hydrogen) atoms. The van der Waals surface area contributed by atoms with E-state index in [1.54, 1.807) is 36.4 Å². The number of methoxy groups -OCH3 is 1. The first-order chi connectivity index (χ1) is 14.1. The van der Waals surface area contributed by atoms with Crippen molar-refractivity contribution in [2.45, 2.75) is 13.5 Å². The maximum atomic E-state index is 13.2. The van der Waals surface area contributed by atoms with Crippen molar-refractivity contribution in [3.63, 3.8) is 0 Å². The third kappa shape index (κ3) is 3.74. The van der Waals surface area contributed by atoms with Crippen LogP contribution in [0.2, 0.25) is 0 Å². The van der Waals surface area contributed by atoms with Crippen LogP contribution in [0.1, 0.15) is 22.0 Å². The molecule has 0 bridgehead atoms. The molecule has 0 saturated heterocycles. The predicted molar refractivity (Wildman–Crippen MR) is 109 cm³/mol. The second-order valence-corrected chi connectivity index (χ2v) is 6.77. The van der Waals surface area contributed by atoms with E-state index < -0.39 is 0 Å². The lowest BCUT2D eigenvalue weighted by molar-refractivity contribution is 0.0670. The number of aromatic amines is 1. The average molecular weight is 391 g/mol. The molecule has 3 heterocycles. The fourth-order valence-corrected chi connectivity index (χ4v) is 3.26. The summed E-state index contributed by atoms with van der Waals surface area (Å²) in [5.74, 6) is 0.166. The fourth-order valence-electron chi connectivity index (χ4n) is 3.26. The van der Waals surface area contributed by atoms with E-state index in [-0.39, 0.29) is 18.0 Å². The van der Waals surface area contributed by atoms with Gasteiger partial charge in [-0.1, -0.05) is 18.2 Å². The van der Waals surface area contributed by atoms with Gasteiger partial charge in [0, 0.05) is 25.5 Å². The summed E-state index contributed by atoms with van der Waals surface area (Å²) in [6.07, 6.45) is 1.73. The number of hydrogen-bond acceptors (Lipinski definition) is 5. The molecule has 8 nitrogen and oxygen atoms in total. The van der Waals surface area contributed by atoms with Crippen LogP contribution in [0.3, 0.4) is 0 Å². The Balaban J connectivity index is 1.67. The third-order valence-corrected chi connectivity index (χ3v) is 4.77. The Labute approximate surface area is 166 Å². The van der Waals surface area contributed by atoms with Gasteiger partial charge in [-0.15, -0.1) is 0 Å². The predicted octanol–water partition coefficient (Wildman–Crippen LogP) is 2.17. The summed E-state index contributed by atoms with van der Waals surface area (Å²) in [5, 5.41) is 0.516. The first-order valence-electron chi connectivity index (χ1n) is 9.27. The molecule has 0 aliphatic carbocycles. The molecular formula is C21H21N5O3. The van der Waals surface area contributed by atoms with Gasteiger partial charge in [-0.3, -0.25) is 9.59 Å². The number of hydrogen-bond donors (Lipinski definition) is 1. The number of amides is 1. The van der Waals surface area contributed by atoms with E-state index in [4.69, 9.17) is 4.74 Å². The van der Waals surface area contributed by atoms with E-state index in [9.17, 15) is 9.59 Å². The van der Waals surface area contributed by atoms with E-state index in [1.165, 1.54) is 0 Å². The van der Waals surface area contributed by atoms with Crippen molar-refractivity contribution < 1.29 is 9.53 Å². The van der Waals surface area contributed by atoms with E-state index >= 15 is 0 Å². The number of para-hydroxylation sites is 1. The number of H-pyrrole nitrogens is 1. The molecule has 0 radical (unpaired) electrons. The molecule has 0 atom stereocenters. The number of fused-ring (bicyclic) bond motifs is 2. The lowest BCUT2D eigenvalue weighted by atomic mass is 10.2. The highest BCUT2D eigenvalue weighted by Gasteiger charge is 2.20. The van der Waals surface area contributed by atoms with E-state index in [0.717, 1.165) is 5.69 Å². The quantitative estimate of drug-likeness (QED) is 0.544. The van der Waals surface area contributed by atoms with Crippen LogP contribution in [0, 0.1) is 6.92 Å². The molecule has 4 rings (SSSR count). The van der Waals surface area contributed by atoms with E-state index in [0.29, 0.717) is 41.2 Å². The average Bonchev–Trinajstić information content (AvgIpc) is 3.16. The van der Waals surface area contributed by atoms with Crippen LogP contribution < -0.4 is 5.56 Å². The second-order valence-electron chi connectivity index (χ2n) is 6.77. The second kappa shape index (κ2) is 7.84. The van der Waals surface area contributed by atoms with Gasteiger partial charge in [-0.05, 0) is 31.2 Å². The lowest BCUT2D eigenvalue weighted by Crippen LogP contribution is -2.35. The van der Waals surface area contributed by atoms with E-state index in [2.05, 4.69) is 15.0 Å². The van der Waals surface area contributed by atoms with Gasteiger partial charge in [0.05, 0.1) is 24.1 Å². The van der Waals surface area contributed by atoms with E-state index in [1.807, 2.05) is 35.6 Å². The number of imidazole rings is 1. The normalized spacial score (nSPS) is 11.2. The summed E-state index contributed by atoms with van der Waals surface area (Å²) in [7, 11) is 1.58. The minimum Gasteiger partial charge on any atom is -0.383 e. The van der Waals surface area contributed by atoms with Crippen molar-refractivity contribution in [1.82, 2.24) is 24.3 Å². The number of aromatic nitrogens is 4. The smallest absolute Gasteiger partial charge is 0.274 e. The highest BCUT2D eigenvalue weighted by molar-refractivity contribution is 5.93. The summed E-state index contributed by atoms with van der Waals surface area (Å²) in [4.78, 5) is 38.8. The van der Waals surface area contributed by atoms with Gasteiger partial charge >= 0.3 is 0 Å². The first kappa shape index (κ1) is 18.8. The Hall–Kier alpha value is -3.52. The van der Waals surface area contributed by atoms with Gasteiger partial charge in [0.15, 0.2) is 0 Å². The highest BCUT2D eigenvalue weighted by Crippen LogP contribution is 2.13. The Morgan fingerprint density at radius 1 is 1.17 bits per heavy atom. The molecule has 0 aliphatic rings. The van der Waals surface area contributed by atoms with Crippen molar-refractivity contribution in [3.8, 4) is 0 Å². The summed E-state index contributed by atoms with van der Waals surface area (Å²) >= 11 is 0. The number of nitrogens with zero attached hydrogens (tertiary/aromatic N) is 4. The molecule has 0 fully saturated rings. The molecule has 1 aromatic carbocycles. The van der Waals surface area contributed by atoms with Crippen molar-refractivity contribution >= 4 is 22.5 Å². The SMILES string of the molecule is COCCN(Cc1nc2ccccc2c(=O)[nH]1)C(=O)c1cn2c(C)cccc2n1. The van der Waals surface area contributed by atoms with Crippen molar-refractivity contribution in [1.29, 1.82) is 0 Å². The maximum absolute atomic E-state index is 13.2. The molecular weight excluding hydrogens is 370 g/mol. The number of carbonyl (C=O) groups is 1. The van der Waals surface area contributed by atoms with Crippen molar-refractivity contribution in [3.05, 3.63) is 76.2 Å². The van der Waals surface area contributed by atoms with Crippen LogP contribution in [0.5, 0.6) is 0 Å². The Morgan fingerprint density at radius 3 is 2.79 bits per heavy atom. The van der Waals surface area contributed by atoms with Crippen molar-refractivity contribution in [2.75, 3.05) is 20.3 Å². The summed E-state index contributed by atoms with van der Waals surface area (Å²) in [6.45, 7) is 2.80. The van der Waals surface area contributed by atoms with Crippen molar-refractivity contribution in [2.24, 2.45) is 0 Å². The third-order valence-electron chi connectivity index (χ3n) is 4.77. The van der Waals surface area contributed by atoms with Crippen LogP contribution in [0.25, 0.3) is 16.6 Å². The Morgan fingerprint density at radius 2 is 2.00 bits per heavy atom. The highest BCUT2D eigenvalue weighted by atomic mass is 16.5. The largest absolute Gasteiger partial charge is 0.383 e. The van der Waals surface area contributed by atoms with Gasteiger partial charge in [0.2, 0.25) is 0 Å². The number of rotatable bonds is 6. The van der Waals surface area contributed by atoms with Crippen LogP contribution in [0.4, 0.5) is 0 Å². The van der Waals surface area contributed by atoms with Crippen LogP contribution in [-0.4, -0.2) is 50.4 Å². The minimum absolute atomic E-state index is 0.148. The van der Waals surface area contributed by atoms with Crippen LogP contribution in [-0.2, 0) is 11.3 Å². The number of carbonyl (C=O) groups excluding carboxylic acids is 1. The summed E-state index contributed by atoms with van der Waals surface area (Å²) in [5.41, 5.74) is 2.38. The maximum Gasteiger partial charge on any atom is 0.274 e. The number of aryl methyl sites for hydroxylation is 1. The van der Waals surface area contributed by atoms with Gasteiger partial charge in [-0.2, -0.15) is 0 Å². The van der Waals surface area contributed by atoms with Gasteiger partial charge < -0.3 is 19.0 Å². The van der Waals surface area contributed by atoms with Gasteiger partial charge in [0.1, 0.15) is 17.2 Å². The van der Waals surface area contributed by atoms with Crippen LogP contribution >= 0.6 is 0 Å². The molecule has 0 unspecified atom stereocenters. The number of pyridine rings is 1. The molecule has 0 spiro atoms. The molecule has 148 valence electrons. The zero-order valence-corrected chi connectivity index (χ0v) is 16.3. The number of nitrogens with one attached hydrogen (secondary N) is 1. The molecule has 3 aromatic heterocycles. The molecule has 0 aliphatic heterocycles. The molecule has 4 aromatic rings. The summed E-state index contributed by atoms with van der Waals surface area (Å²) < 4.78 is 7.03. The molecule has 8 heteroatoms. The Kier molecular flexibility index (Phi) is 5.09. The van der Waals surface area contributed by atoms with Crippen LogP contribution in [0.15, 0.2) is 53.5 Å². The van der Waals surface area contributed by atoms with Gasteiger partial charge in [-0.25, -0.2) is 9.97 Å². The summed E-state index contributed by atoms with van der Waals surface area (Å²) in [6, 6.07) is 12.8. The lowest BCUT2D eigenvalue weighted by Gasteiger charge is -2.21. The monoisotopic (exact) mass is 391 g/mol. The van der Waals surface area contributed by atoms with Gasteiger partial charge in [0.25, 0.3) is 11.5 Å². The molecule has 0 saturated carbocycles.